The van der Waals surface area contributed by atoms with Crippen molar-refractivity contribution in [1.29, 1.82) is 0 Å². The molecule has 3 heteroatoms. The zero-order valence-corrected chi connectivity index (χ0v) is 36.9. The first kappa shape index (κ1) is 39.7. The summed E-state index contributed by atoms with van der Waals surface area (Å²) in [7, 11) is 0. The largest absolute Gasteiger partial charge is 0.310 e. The maximum atomic E-state index is 2.45. The smallest absolute Gasteiger partial charge is 0.0540 e. The Balaban J connectivity index is 1.20. The molecule has 0 aromatic heterocycles. The van der Waals surface area contributed by atoms with Crippen LogP contribution < -0.4 is 14.7 Å². The molecule has 0 fully saturated rings. The van der Waals surface area contributed by atoms with Crippen molar-refractivity contribution in [3.63, 3.8) is 0 Å². The molecule has 3 nitrogen and oxygen atoms in total. The molecule has 0 N–H and O–H groups in total. The summed E-state index contributed by atoms with van der Waals surface area (Å²) >= 11 is 0. The summed E-state index contributed by atoms with van der Waals surface area (Å²) in [4.78, 5) is 7.25. The highest BCUT2D eigenvalue weighted by molar-refractivity contribution is 6.00. The minimum absolute atomic E-state index is 0.182. The molecule has 0 atom stereocenters. The van der Waals surface area contributed by atoms with Gasteiger partial charge in [-0.2, -0.15) is 0 Å². The molecule has 0 radical (unpaired) electrons. The van der Waals surface area contributed by atoms with Crippen molar-refractivity contribution in [2.75, 3.05) is 14.7 Å². The van der Waals surface area contributed by atoms with Gasteiger partial charge in [-0.25, -0.2) is 0 Å². The fourth-order valence-electron chi connectivity index (χ4n) is 9.95. The number of benzene rings is 10. The lowest BCUT2D eigenvalue weighted by molar-refractivity contribution is 0.660. The van der Waals surface area contributed by atoms with Crippen LogP contribution in [0.25, 0.3) is 33.0 Å². The Morgan fingerprint density at radius 1 is 0.323 bits per heavy atom. The van der Waals surface area contributed by atoms with Crippen LogP contribution in [0.15, 0.2) is 243 Å². The Morgan fingerprint density at radius 2 is 0.785 bits per heavy atom. The van der Waals surface area contributed by atoms with E-state index in [4.69, 9.17) is 0 Å². The summed E-state index contributed by atoms with van der Waals surface area (Å²) < 4.78 is 0. The van der Waals surface area contributed by atoms with E-state index in [0.717, 1.165) is 51.2 Å². The quantitative estimate of drug-likeness (QED) is 0.136. The van der Waals surface area contributed by atoms with Gasteiger partial charge in [0.1, 0.15) is 0 Å². The predicted molar refractivity (Wildman–Crippen MR) is 276 cm³/mol. The summed E-state index contributed by atoms with van der Waals surface area (Å²) in [6.45, 7) is 6.99. The summed E-state index contributed by atoms with van der Waals surface area (Å²) in [5.41, 5.74) is 18.5. The van der Waals surface area contributed by atoms with Crippen LogP contribution in [0.5, 0.6) is 0 Å². The molecular weight excluding hydrogens is 787 g/mol. The summed E-state index contributed by atoms with van der Waals surface area (Å²) in [6, 6.07) is 88.2. The van der Waals surface area contributed by atoms with Crippen molar-refractivity contribution in [2.24, 2.45) is 0 Å². The van der Waals surface area contributed by atoms with Crippen LogP contribution in [0.1, 0.15) is 30.5 Å². The third-order valence-corrected chi connectivity index (χ3v) is 13.1. The summed E-state index contributed by atoms with van der Waals surface area (Å²) in [5, 5.41) is 2.37. The van der Waals surface area contributed by atoms with E-state index in [2.05, 4.69) is 278 Å². The van der Waals surface area contributed by atoms with Crippen molar-refractivity contribution < 1.29 is 0 Å². The first-order valence-corrected chi connectivity index (χ1v) is 22.5. The number of anilines is 9. The van der Waals surface area contributed by atoms with Gasteiger partial charge < -0.3 is 14.7 Å². The van der Waals surface area contributed by atoms with Crippen LogP contribution in [-0.4, -0.2) is 0 Å². The highest BCUT2D eigenvalue weighted by atomic mass is 15.2. The lowest BCUT2D eigenvalue weighted by atomic mass is 9.82. The molecule has 10 aromatic carbocycles. The minimum atomic E-state index is -0.182. The van der Waals surface area contributed by atoms with Crippen LogP contribution in [0.2, 0.25) is 0 Å². The van der Waals surface area contributed by atoms with Gasteiger partial charge in [0, 0.05) is 39.2 Å². The number of nitrogens with zero attached hydrogens (tertiary/aromatic N) is 3. The Morgan fingerprint density at radius 3 is 1.42 bits per heavy atom. The molecule has 11 rings (SSSR count). The first-order valence-electron chi connectivity index (χ1n) is 22.5. The monoisotopic (exact) mass is 835 g/mol. The second-order valence-corrected chi connectivity index (χ2v) is 17.5. The highest BCUT2D eigenvalue weighted by Gasteiger charge is 2.37. The van der Waals surface area contributed by atoms with Gasteiger partial charge in [0.05, 0.1) is 22.7 Å². The zero-order chi connectivity index (χ0) is 43.9. The lowest BCUT2D eigenvalue weighted by Crippen LogP contribution is -2.18. The molecule has 0 amide bonds. The van der Waals surface area contributed by atoms with Gasteiger partial charge in [0.2, 0.25) is 0 Å². The Hall–Kier alpha value is -8.14. The minimum Gasteiger partial charge on any atom is -0.310 e. The van der Waals surface area contributed by atoms with Gasteiger partial charge in [-0.1, -0.05) is 172 Å². The maximum absolute atomic E-state index is 2.45. The number of hydrogen-bond donors (Lipinski definition) is 0. The number of para-hydroxylation sites is 3. The average molecular weight is 836 g/mol. The van der Waals surface area contributed by atoms with E-state index < -0.39 is 0 Å². The molecule has 0 saturated heterocycles. The molecule has 65 heavy (non-hydrogen) atoms. The molecular formula is C62H49N3. The summed E-state index contributed by atoms with van der Waals surface area (Å²) in [5.74, 6) is 0. The van der Waals surface area contributed by atoms with E-state index in [0.29, 0.717) is 0 Å². The van der Waals surface area contributed by atoms with Crippen molar-refractivity contribution in [2.45, 2.75) is 26.2 Å². The summed E-state index contributed by atoms with van der Waals surface area (Å²) in [6.07, 6.45) is 0. The molecule has 0 heterocycles. The van der Waals surface area contributed by atoms with Gasteiger partial charge in [-0.05, 0) is 136 Å². The van der Waals surface area contributed by atoms with Crippen molar-refractivity contribution >= 4 is 62.0 Å². The molecule has 10 aromatic rings. The van der Waals surface area contributed by atoms with E-state index in [1.54, 1.807) is 0 Å². The Kier molecular flexibility index (Phi) is 10.1. The predicted octanol–water partition coefficient (Wildman–Crippen LogP) is 17.5. The van der Waals surface area contributed by atoms with Crippen molar-refractivity contribution in [1.82, 2.24) is 0 Å². The van der Waals surface area contributed by atoms with E-state index in [9.17, 15) is 0 Å². The SMILES string of the molecule is Cc1cccc2c1-c1ccc(N(c3ccc(-c4ccccc4)cc3)c3cc(N(c4ccccc4)c4ccccc4)cc(N(c4ccccc4)c4cccc5ccccc45)c3)cc1C2(C)C. The van der Waals surface area contributed by atoms with Crippen LogP contribution >= 0.6 is 0 Å². The lowest BCUT2D eigenvalue weighted by Gasteiger charge is -2.33. The van der Waals surface area contributed by atoms with Gasteiger partial charge in [0.25, 0.3) is 0 Å². The fraction of sp³-hybridized carbons (Fsp3) is 0.0645. The number of aryl methyl sites for hydroxylation is 1. The molecule has 1 aliphatic carbocycles. The van der Waals surface area contributed by atoms with Gasteiger partial charge in [0.15, 0.2) is 0 Å². The molecule has 0 unspecified atom stereocenters. The standard InChI is InChI=1S/C62H49N3/c1-44-20-18-32-58-61(44)57-39-38-52(43-59(57)62(58,2)3)64(51-36-34-46(35-37-51)45-21-8-4-9-22-45)54-40-53(63(48-25-10-5-11-26-48)49-27-12-6-13-28-49)41-55(42-54)65(50-29-14-7-15-30-50)60-33-19-24-47-23-16-17-31-56(47)60/h4-43H,1-3H3. The normalized spacial score (nSPS) is 12.4. The molecule has 0 bridgehead atoms. The number of fused-ring (bicyclic) bond motifs is 4. The van der Waals surface area contributed by atoms with Crippen LogP contribution in [0.4, 0.5) is 51.2 Å². The van der Waals surface area contributed by atoms with Gasteiger partial charge in [-0.3, -0.25) is 0 Å². The van der Waals surface area contributed by atoms with Gasteiger partial charge in [-0.15, -0.1) is 0 Å². The van der Waals surface area contributed by atoms with E-state index in [1.807, 2.05) is 0 Å². The Bertz CT molecular complexity index is 3240. The molecule has 0 aliphatic heterocycles. The van der Waals surface area contributed by atoms with Crippen LogP contribution in [-0.2, 0) is 5.41 Å². The van der Waals surface area contributed by atoms with Crippen LogP contribution in [0, 0.1) is 6.92 Å². The zero-order valence-electron chi connectivity index (χ0n) is 36.9. The van der Waals surface area contributed by atoms with Gasteiger partial charge >= 0.3 is 0 Å². The molecule has 0 spiro atoms. The third-order valence-electron chi connectivity index (χ3n) is 13.1. The molecule has 0 saturated carbocycles. The Labute approximate surface area is 382 Å². The van der Waals surface area contributed by atoms with E-state index in [1.165, 1.54) is 49.7 Å². The average Bonchev–Trinajstić information content (AvgIpc) is 3.59. The maximum Gasteiger partial charge on any atom is 0.0540 e. The fourth-order valence-corrected chi connectivity index (χ4v) is 9.95. The van der Waals surface area contributed by atoms with Crippen molar-refractivity contribution in [3.05, 3.63) is 259 Å². The number of hydrogen-bond acceptors (Lipinski definition) is 3. The first-order chi connectivity index (χ1) is 31.9. The van der Waals surface area contributed by atoms with E-state index >= 15 is 0 Å². The topological polar surface area (TPSA) is 9.72 Å². The number of rotatable bonds is 10. The molecule has 312 valence electrons. The second kappa shape index (κ2) is 16.5. The van der Waals surface area contributed by atoms with Crippen molar-refractivity contribution in [3.8, 4) is 22.3 Å². The van der Waals surface area contributed by atoms with Crippen LogP contribution in [0.3, 0.4) is 0 Å². The highest BCUT2D eigenvalue weighted by Crippen LogP contribution is 2.53. The third kappa shape index (κ3) is 7.22. The second-order valence-electron chi connectivity index (χ2n) is 17.5. The molecule has 1 aliphatic rings. The van der Waals surface area contributed by atoms with E-state index in [-0.39, 0.29) is 5.41 Å².